The average molecular weight is 204 g/mol. The Hall–Kier alpha value is -2.02. The van der Waals surface area contributed by atoms with E-state index in [1.165, 1.54) is 6.92 Å². The van der Waals surface area contributed by atoms with Crippen LogP contribution in [0.3, 0.4) is 0 Å². The number of rotatable bonds is 3. The van der Waals surface area contributed by atoms with Crippen LogP contribution >= 0.6 is 0 Å². The Kier molecular flexibility index (Phi) is 3.69. The first-order chi connectivity index (χ1) is 7.11. The van der Waals surface area contributed by atoms with Gasteiger partial charge in [-0.05, 0) is 24.6 Å². The number of nitrogens with two attached hydrogens (primary N) is 1. The number of anilines is 1. The Balaban J connectivity index is 2.56. The highest BCUT2D eigenvalue weighted by atomic mass is 16.5. The minimum Gasteiger partial charge on any atom is -0.447 e. The topological polar surface area (TPSA) is 76.1 Å². The summed E-state index contributed by atoms with van der Waals surface area (Å²) in [6, 6.07) is 8.83. The molecule has 0 spiro atoms. The van der Waals surface area contributed by atoms with Gasteiger partial charge < -0.3 is 10.5 Å². The minimum absolute atomic E-state index is 0.136. The van der Waals surface area contributed by atoms with E-state index < -0.39 is 12.1 Å². The molecule has 78 valence electrons. The van der Waals surface area contributed by atoms with Crippen molar-refractivity contribution in [1.29, 1.82) is 5.26 Å². The molecule has 0 aliphatic carbocycles. The quantitative estimate of drug-likeness (QED) is 0.594. The number of carbonyl (C=O) groups excluding carboxylic acids is 1. The van der Waals surface area contributed by atoms with Gasteiger partial charge in [-0.2, -0.15) is 5.26 Å². The van der Waals surface area contributed by atoms with E-state index >= 15 is 0 Å². The van der Waals surface area contributed by atoms with E-state index in [0.717, 1.165) is 5.56 Å². The van der Waals surface area contributed by atoms with Gasteiger partial charge in [0.15, 0.2) is 6.10 Å². The predicted octanol–water partition coefficient (Wildman–Crippen LogP) is 1.27. The smallest absolute Gasteiger partial charge is 0.311 e. The third kappa shape index (κ3) is 3.69. The van der Waals surface area contributed by atoms with Gasteiger partial charge in [0.2, 0.25) is 0 Å². The van der Waals surface area contributed by atoms with Crippen LogP contribution in [0.15, 0.2) is 24.3 Å². The number of nitriles is 1. The number of carbonyl (C=O) groups is 1. The number of benzene rings is 1. The van der Waals surface area contributed by atoms with E-state index in [1.807, 2.05) is 6.07 Å². The molecule has 15 heavy (non-hydrogen) atoms. The molecule has 0 fully saturated rings. The first-order valence-corrected chi connectivity index (χ1v) is 4.55. The molecule has 0 saturated carbocycles. The summed E-state index contributed by atoms with van der Waals surface area (Å²) in [6.07, 6.45) is -0.574. The highest BCUT2D eigenvalue weighted by Crippen LogP contribution is 2.08. The average Bonchev–Trinajstić information content (AvgIpc) is 2.17. The summed E-state index contributed by atoms with van der Waals surface area (Å²) in [7, 11) is 0. The van der Waals surface area contributed by atoms with Crippen LogP contribution in [-0.2, 0) is 16.0 Å². The summed E-state index contributed by atoms with van der Waals surface area (Å²) >= 11 is 0. The Morgan fingerprint density at radius 1 is 1.67 bits per heavy atom. The third-order valence-electron chi connectivity index (χ3n) is 1.79. The summed E-state index contributed by atoms with van der Waals surface area (Å²) < 4.78 is 4.80. The van der Waals surface area contributed by atoms with Gasteiger partial charge in [0.05, 0.1) is 6.42 Å². The lowest BCUT2D eigenvalue weighted by Crippen LogP contribution is -2.14. The lowest BCUT2D eigenvalue weighted by molar-refractivity contribution is -0.145. The molecule has 0 saturated heterocycles. The van der Waals surface area contributed by atoms with Crippen LogP contribution in [0.1, 0.15) is 12.5 Å². The van der Waals surface area contributed by atoms with E-state index in [0.29, 0.717) is 5.69 Å². The Morgan fingerprint density at radius 3 is 3.00 bits per heavy atom. The minimum atomic E-state index is -0.710. The van der Waals surface area contributed by atoms with Crippen molar-refractivity contribution in [3.63, 3.8) is 0 Å². The number of nitrogen functional groups attached to an aromatic ring is 1. The molecule has 0 aliphatic rings. The fraction of sp³-hybridized carbons (Fsp3) is 0.273. The van der Waals surface area contributed by atoms with Crippen LogP contribution in [0, 0.1) is 11.3 Å². The fourth-order valence-corrected chi connectivity index (χ4v) is 1.13. The maximum Gasteiger partial charge on any atom is 0.311 e. The number of hydrogen-bond donors (Lipinski definition) is 1. The largest absolute Gasteiger partial charge is 0.447 e. The molecule has 1 unspecified atom stereocenters. The van der Waals surface area contributed by atoms with Gasteiger partial charge in [-0.15, -0.1) is 0 Å². The van der Waals surface area contributed by atoms with Gasteiger partial charge in [-0.25, -0.2) is 0 Å². The molecule has 2 N–H and O–H groups in total. The van der Waals surface area contributed by atoms with E-state index in [4.69, 9.17) is 15.7 Å². The van der Waals surface area contributed by atoms with Gasteiger partial charge in [0.1, 0.15) is 6.07 Å². The summed E-state index contributed by atoms with van der Waals surface area (Å²) in [5.74, 6) is -0.422. The fourth-order valence-electron chi connectivity index (χ4n) is 1.13. The summed E-state index contributed by atoms with van der Waals surface area (Å²) in [4.78, 5) is 11.3. The molecule has 1 atom stereocenters. The number of esters is 1. The second-order valence-corrected chi connectivity index (χ2v) is 3.18. The lowest BCUT2D eigenvalue weighted by atomic mass is 10.1. The van der Waals surface area contributed by atoms with Crippen molar-refractivity contribution in [3.8, 4) is 6.07 Å². The van der Waals surface area contributed by atoms with E-state index in [9.17, 15) is 4.79 Å². The van der Waals surface area contributed by atoms with E-state index in [-0.39, 0.29) is 6.42 Å². The normalized spacial score (nSPS) is 11.5. The molecule has 4 heteroatoms. The van der Waals surface area contributed by atoms with Gasteiger partial charge in [0, 0.05) is 5.69 Å². The van der Waals surface area contributed by atoms with Crippen molar-refractivity contribution in [1.82, 2.24) is 0 Å². The second kappa shape index (κ2) is 5.01. The molecule has 0 amide bonds. The van der Waals surface area contributed by atoms with Crippen LogP contribution in [0.25, 0.3) is 0 Å². The molecule has 0 aromatic heterocycles. The Bertz CT molecular complexity index is 396. The maximum absolute atomic E-state index is 11.3. The van der Waals surface area contributed by atoms with Gasteiger partial charge in [-0.3, -0.25) is 4.79 Å². The van der Waals surface area contributed by atoms with Crippen molar-refractivity contribution < 1.29 is 9.53 Å². The van der Waals surface area contributed by atoms with Crippen LogP contribution in [-0.4, -0.2) is 12.1 Å². The molecule has 1 aromatic rings. The first kappa shape index (κ1) is 11.1. The highest BCUT2D eigenvalue weighted by Gasteiger charge is 2.09. The summed E-state index contributed by atoms with van der Waals surface area (Å²) in [5.41, 5.74) is 6.95. The van der Waals surface area contributed by atoms with Crippen LogP contribution in [0.5, 0.6) is 0 Å². The number of hydrogen-bond acceptors (Lipinski definition) is 4. The number of nitrogens with zero attached hydrogens (tertiary/aromatic N) is 1. The van der Waals surface area contributed by atoms with Crippen LogP contribution in [0.4, 0.5) is 5.69 Å². The first-order valence-electron chi connectivity index (χ1n) is 4.55. The van der Waals surface area contributed by atoms with E-state index in [1.54, 1.807) is 24.3 Å². The van der Waals surface area contributed by atoms with Crippen LogP contribution < -0.4 is 5.73 Å². The molecule has 1 rings (SSSR count). The predicted molar refractivity (Wildman–Crippen MR) is 55.7 cm³/mol. The summed E-state index contributed by atoms with van der Waals surface area (Å²) in [5, 5.41) is 8.45. The Labute approximate surface area is 88.3 Å². The molecule has 0 radical (unpaired) electrons. The van der Waals surface area contributed by atoms with Crippen molar-refractivity contribution in [2.75, 3.05) is 5.73 Å². The maximum atomic E-state index is 11.3. The number of ether oxygens (including phenoxy) is 1. The molecule has 4 nitrogen and oxygen atoms in total. The zero-order valence-electron chi connectivity index (χ0n) is 8.43. The standard InChI is InChI=1S/C11H12N2O2/c1-8(7-12)15-11(14)6-9-3-2-4-10(13)5-9/h2-5,8H,6,13H2,1H3. The Morgan fingerprint density at radius 2 is 2.40 bits per heavy atom. The van der Waals surface area contributed by atoms with E-state index in [2.05, 4.69) is 0 Å². The second-order valence-electron chi connectivity index (χ2n) is 3.18. The molecular weight excluding hydrogens is 192 g/mol. The SMILES string of the molecule is CC(C#N)OC(=O)Cc1cccc(N)c1. The van der Waals surface area contributed by atoms with Gasteiger partial charge in [0.25, 0.3) is 0 Å². The van der Waals surface area contributed by atoms with Gasteiger partial charge >= 0.3 is 5.97 Å². The third-order valence-corrected chi connectivity index (χ3v) is 1.79. The van der Waals surface area contributed by atoms with Crippen molar-refractivity contribution in [2.45, 2.75) is 19.4 Å². The lowest BCUT2D eigenvalue weighted by Gasteiger charge is -2.06. The molecule has 0 bridgehead atoms. The molecule has 0 aliphatic heterocycles. The zero-order valence-corrected chi connectivity index (χ0v) is 8.43. The zero-order chi connectivity index (χ0) is 11.3. The molecular formula is C11H12N2O2. The van der Waals surface area contributed by atoms with Crippen molar-refractivity contribution in [2.24, 2.45) is 0 Å². The van der Waals surface area contributed by atoms with Crippen LogP contribution in [0.2, 0.25) is 0 Å². The van der Waals surface area contributed by atoms with Crippen molar-refractivity contribution >= 4 is 11.7 Å². The van der Waals surface area contributed by atoms with Gasteiger partial charge in [-0.1, -0.05) is 12.1 Å². The molecule has 0 heterocycles. The summed E-state index contributed by atoms with van der Waals surface area (Å²) in [6.45, 7) is 1.53. The van der Waals surface area contributed by atoms with Crippen molar-refractivity contribution in [3.05, 3.63) is 29.8 Å². The molecule has 1 aromatic carbocycles. The monoisotopic (exact) mass is 204 g/mol. The highest BCUT2D eigenvalue weighted by molar-refractivity contribution is 5.73.